The van der Waals surface area contributed by atoms with Gasteiger partial charge in [0.05, 0.1) is 0 Å². The molecule has 1 atom stereocenters. The Morgan fingerprint density at radius 2 is 1.87 bits per heavy atom. The first-order valence-corrected chi connectivity index (χ1v) is 10.7. The van der Waals surface area contributed by atoms with Gasteiger partial charge < -0.3 is 14.9 Å². The summed E-state index contributed by atoms with van der Waals surface area (Å²) in [6.07, 6.45) is 2.07. The Bertz CT molecular complexity index is 980. The zero-order valence-corrected chi connectivity index (χ0v) is 17.7. The molecule has 2 heterocycles. The molecular weight excluding hydrogens is 392 g/mol. The summed E-state index contributed by atoms with van der Waals surface area (Å²) in [6.45, 7) is 4.88. The van der Waals surface area contributed by atoms with Gasteiger partial charge in [0.15, 0.2) is 5.82 Å². The van der Waals surface area contributed by atoms with Crippen molar-refractivity contribution >= 4 is 5.91 Å². The van der Waals surface area contributed by atoms with Crippen molar-refractivity contribution in [3.8, 4) is 0 Å². The summed E-state index contributed by atoms with van der Waals surface area (Å²) in [6, 6.07) is 16.8. The van der Waals surface area contributed by atoms with Gasteiger partial charge in [-0.1, -0.05) is 47.6 Å². The third-order valence-electron chi connectivity index (χ3n) is 5.79. The molecule has 0 spiro atoms. The van der Waals surface area contributed by atoms with E-state index in [4.69, 9.17) is 4.52 Å². The zero-order chi connectivity index (χ0) is 21.6. The molecule has 162 valence electrons. The molecule has 31 heavy (non-hydrogen) atoms. The Kier molecular flexibility index (Phi) is 6.74. The third-order valence-corrected chi connectivity index (χ3v) is 5.79. The van der Waals surface area contributed by atoms with Crippen LogP contribution >= 0.6 is 0 Å². The normalized spacial score (nSPS) is 16.2. The Labute approximate surface area is 182 Å². The minimum atomic E-state index is -0.512. The molecule has 0 aliphatic carbocycles. The molecule has 1 aliphatic rings. The van der Waals surface area contributed by atoms with Crippen LogP contribution < -0.4 is 5.32 Å². The van der Waals surface area contributed by atoms with Gasteiger partial charge in [0.2, 0.25) is 0 Å². The number of nitrogens with one attached hydrogen (secondary N) is 1. The average Bonchev–Trinajstić information content (AvgIpc) is 3.25. The fourth-order valence-corrected chi connectivity index (χ4v) is 3.92. The number of amides is 1. The van der Waals surface area contributed by atoms with Gasteiger partial charge in [0.1, 0.15) is 6.04 Å². The Balaban J connectivity index is 1.42. The first-order chi connectivity index (χ1) is 15.1. The van der Waals surface area contributed by atoms with Crippen LogP contribution in [0.2, 0.25) is 0 Å². The van der Waals surface area contributed by atoms with E-state index in [0.717, 1.165) is 38.0 Å². The van der Waals surface area contributed by atoms with Gasteiger partial charge in [-0.2, -0.15) is 4.98 Å². The second-order valence-electron chi connectivity index (χ2n) is 8.10. The van der Waals surface area contributed by atoms with Crippen molar-refractivity contribution in [2.45, 2.75) is 32.4 Å². The molecule has 0 bridgehead atoms. The number of hydrogen-bond donors (Lipinski definition) is 2. The largest absolute Gasteiger partial charge is 0.396 e. The monoisotopic (exact) mass is 420 g/mol. The number of piperidine rings is 1. The maximum atomic E-state index is 12.9. The van der Waals surface area contributed by atoms with E-state index >= 15 is 0 Å². The average molecular weight is 421 g/mol. The number of aliphatic hydroxyl groups is 1. The zero-order valence-electron chi connectivity index (χ0n) is 17.7. The highest BCUT2D eigenvalue weighted by molar-refractivity contribution is 5.94. The molecule has 0 saturated carbocycles. The van der Waals surface area contributed by atoms with Crippen molar-refractivity contribution in [1.82, 2.24) is 20.4 Å². The van der Waals surface area contributed by atoms with Crippen LogP contribution in [0.3, 0.4) is 0 Å². The maximum Gasteiger partial charge on any atom is 0.253 e. The van der Waals surface area contributed by atoms with Gasteiger partial charge in [0.25, 0.3) is 11.8 Å². The topological polar surface area (TPSA) is 91.5 Å². The lowest BCUT2D eigenvalue weighted by atomic mass is 9.97. The van der Waals surface area contributed by atoms with Crippen LogP contribution in [0, 0.1) is 12.8 Å². The van der Waals surface area contributed by atoms with Crippen molar-refractivity contribution in [2.75, 3.05) is 19.7 Å². The number of hydrogen-bond acceptors (Lipinski definition) is 6. The van der Waals surface area contributed by atoms with Crippen molar-refractivity contribution in [2.24, 2.45) is 5.92 Å². The molecule has 7 heteroatoms. The predicted molar refractivity (Wildman–Crippen MR) is 116 cm³/mol. The molecule has 3 aromatic rings. The second kappa shape index (κ2) is 9.85. The number of aliphatic hydroxyl groups excluding tert-OH is 1. The molecule has 1 amide bonds. The first-order valence-electron chi connectivity index (χ1n) is 10.7. The van der Waals surface area contributed by atoms with Crippen molar-refractivity contribution < 1.29 is 14.4 Å². The SMILES string of the molecule is Cc1noc(C(NC(=O)c2ccc(CN3CCC(CO)CC3)cc2)c2ccccc2)n1. The van der Waals surface area contributed by atoms with E-state index in [0.29, 0.717) is 23.2 Å². The number of likely N-dealkylation sites (tertiary alicyclic amines) is 1. The molecule has 1 aliphatic heterocycles. The van der Waals surface area contributed by atoms with Crippen molar-refractivity contribution in [3.05, 3.63) is 83.0 Å². The summed E-state index contributed by atoms with van der Waals surface area (Å²) in [4.78, 5) is 19.6. The molecule has 1 unspecified atom stereocenters. The van der Waals surface area contributed by atoms with Gasteiger partial charge in [-0.25, -0.2) is 0 Å². The number of aromatic nitrogens is 2. The molecule has 1 aromatic heterocycles. The van der Waals surface area contributed by atoms with Crippen LogP contribution in [-0.4, -0.2) is 45.8 Å². The molecule has 1 fully saturated rings. The minimum absolute atomic E-state index is 0.194. The van der Waals surface area contributed by atoms with E-state index < -0.39 is 6.04 Å². The second-order valence-corrected chi connectivity index (χ2v) is 8.10. The van der Waals surface area contributed by atoms with Crippen LogP contribution in [0.15, 0.2) is 59.1 Å². The highest BCUT2D eigenvalue weighted by Crippen LogP contribution is 2.22. The lowest BCUT2D eigenvalue weighted by Crippen LogP contribution is -2.34. The van der Waals surface area contributed by atoms with Crippen LogP contribution in [0.1, 0.15) is 52.1 Å². The maximum absolute atomic E-state index is 12.9. The van der Waals surface area contributed by atoms with Gasteiger partial charge in [-0.05, 0) is 62.0 Å². The van der Waals surface area contributed by atoms with Gasteiger partial charge in [-0.15, -0.1) is 0 Å². The van der Waals surface area contributed by atoms with Gasteiger partial charge in [0, 0.05) is 18.7 Å². The smallest absolute Gasteiger partial charge is 0.253 e. The van der Waals surface area contributed by atoms with E-state index in [1.165, 1.54) is 5.56 Å². The fraction of sp³-hybridized carbons (Fsp3) is 0.375. The molecular formula is C24H28N4O3. The Morgan fingerprint density at radius 1 is 1.16 bits per heavy atom. The Morgan fingerprint density at radius 3 is 2.48 bits per heavy atom. The summed E-state index contributed by atoms with van der Waals surface area (Å²) >= 11 is 0. The first kappa shape index (κ1) is 21.2. The van der Waals surface area contributed by atoms with Crippen molar-refractivity contribution in [1.29, 1.82) is 0 Å². The van der Waals surface area contributed by atoms with Crippen LogP contribution in [0.5, 0.6) is 0 Å². The van der Waals surface area contributed by atoms with Crippen molar-refractivity contribution in [3.63, 3.8) is 0 Å². The minimum Gasteiger partial charge on any atom is -0.396 e. The van der Waals surface area contributed by atoms with E-state index in [-0.39, 0.29) is 12.5 Å². The number of rotatable bonds is 7. The lowest BCUT2D eigenvalue weighted by Gasteiger charge is -2.31. The lowest BCUT2D eigenvalue weighted by molar-refractivity contribution is 0.0936. The fourth-order valence-electron chi connectivity index (χ4n) is 3.92. The standard InChI is InChI=1S/C24H28N4O3/c1-17-25-24(31-27-17)22(20-5-3-2-4-6-20)26-23(30)21-9-7-18(8-10-21)15-28-13-11-19(16-29)12-14-28/h2-10,19,22,29H,11-16H2,1H3,(H,26,30). The number of carbonyl (C=O) groups is 1. The van der Waals surface area contributed by atoms with Crippen LogP contribution in [0.25, 0.3) is 0 Å². The summed E-state index contributed by atoms with van der Waals surface area (Å²) in [5, 5.41) is 16.2. The van der Waals surface area contributed by atoms with Crippen LogP contribution in [-0.2, 0) is 6.54 Å². The number of nitrogens with zero attached hydrogens (tertiary/aromatic N) is 3. The summed E-state index contributed by atoms with van der Waals surface area (Å²) in [7, 11) is 0. The third kappa shape index (κ3) is 5.37. The van der Waals surface area contributed by atoms with Gasteiger partial charge >= 0.3 is 0 Å². The Hall–Kier alpha value is -3.03. The molecule has 7 nitrogen and oxygen atoms in total. The highest BCUT2D eigenvalue weighted by atomic mass is 16.5. The molecule has 0 radical (unpaired) electrons. The van der Waals surface area contributed by atoms with E-state index in [9.17, 15) is 9.90 Å². The summed E-state index contributed by atoms with van der Waals surface area (Å²) in [5.41, 5.74) is 2.63. The molecule has 2 aromatic carbocycles. The van der Waals surface area contributed by atoms with Crippen LogP contribution in [0.4, 0.5) is 0 Å². The van der Waals surface area contributed by atoms with E-state index in [1.807, 2.05) is 54.6 Å². The number of aryl methyl sites for hydroxylation is 1. The number of carbonyl (C=O) groups excluding carboxylic acids is 1. The number of benzene rings is 2. The summed E-state index contributed by atoms with van der Waals surface area (Å²) < 4.78 is 5.34. The van der Waals surface area contributed by atoms with Gasteiger partial charge in [-0.3, -0.25) is 9.69 Å². The van der Waals surface area contributed by atoms with E-state index in [2.05, 4.69) is 20.4 Å². The highest BCUT2D eigenvalue weighted by Gasteiger charge is 2.23. The quantitative estimate of drug-likeness (QED) is 0.610. The predicted octanol–water partition coefficient (Wildman–Crippen LogP) is 3.10. The molecule has 1 saturated heterocycles. The molecule has 2 N–H and O–H groups in total. The molecule has 4 rings (SSSR count). The van der Waals surface area contributed by atoms with E-state index in [1.54, 1.807) is 6.92 Å². The summed E-state index contributed by atoms with van der Waals surface area (Å²) in [5.74, 6) is 1.13.